The molecule has 0 aliphatic heterocycles. The second kappa shape index (κ2) is 6.25. The number of sulfonamides is 2. The quantitative estimate of drug-likeness (QED) is 0.853. The predicted octanol–water partition coefficient (Wildman–Crippen LogP) is 2.05. The normalized spacial score (nSPS) is 12.1. The Kier molecular flexibility index (Phi) is 4.76. The molecule has 6 nitrogen and oxygen atoms in total. The van der Waals surface area contributed by atoms with E-state index in [-0.39, 0.29) is 20.5 Å². The zero-order chi connectivity index (χ0) is 16.4. The molecular weight excluding hydrogens is 348 g/mol. The lowest BCUT2D eigenvalue weighted by Gasteiger charge is -2.10. The van der Waals surface area contributed by atoms with Crippen LogP contribution >= 0.6 is 11.6 Å². The molecule has 0 radical (unpaired) electrons. The SMILES string of the molecule is CNS(=O)(=O)c1cccc(S(=O)(=O)Nc2ccccc2Cl)c1. The van der Waals surface area contributed by atoms with Gasteiger partial charge in [0, 0.05) is 0 Å². The number of benzene rings is 2. The summed E-state index contributed by atoms with van der Waals surface area (Å²) in [6, 6.07) is 11.4. The standard InChI is InChI=1S/C13H13ClN2O4S2/c1-15-21(17,18)10-5-4-6-11(9-10)22(19,20)16-13-8-3-2-7-12(13)14/h2-9,15-16H,1H3. The molecule has 2 aromatic rings. The second-order valence-corrected chi connectivity index (χ2v) is 8.24. The molecule has 0 bridgehead atoms. The van der Waals surface area contributed by atoms with Crippen molar-refractivity contribution in [1.29, 1.82) is 0 Å². The number of rotatable bonds is 5. The van der Waals surface area contributed by atoms with Gasteiger partial charge >= 0.3 is 0 Å². The van der Waals surface area contributed by atoms with Crippen LogP contribution in [0.4, 0.5) is 5.69 Å². The Balaban J connectivity index is 2.43. The third-order valence-electron chi connectivity index (χ3n) is 2.81. The molecule has 0 aliphatic rings. The first kappa shape index (κ1) is 16.8. The molecule has 0 unspecified atom stereocenters. The van der Waals surface area contributed by atoms with Crippen LogP contribution in [-0.4, -0.2) is 23.9 Å². The van der Waals surface area contributed by atoms with E-state index in [4.69, 9.17) is 11.6 Å². The second-order valence-electron chi connectivity index (χ2n) is 4.27. The van der Waals surface area contributed by atoms with E-state index in [1.54, 1.807) is 18.2 Å². The summed E-state index contributed by atoms with van der Waals surface area (Å²) in [5, 5.41) is 0.241. The first-order valence-electron chi connectivity index (χ1n) is 6.07. The van der Waals surface area contributed by atoms with Gasteiger partial charge in [-0.15, -0.1) is 0 Å². The molecule has 0 aliphatic carbocycles. The third-order valence-corrected chi connectivity index (χ3v) is 5.92. The van der Waals surface area contributed by atoms with Gasteiger partial charge in [-0.1, -0.05) is 29.8 Å². The van der Waals surface area contributed by atoms with Crippen molar-refractivity contribution in [3.05, 3.63) is 53.6 Å². The summed E-state index contributed by atoms with van der Waals surface area (Å²) < 4.78 is 52.6. The molecule has 0 saturated carbocycles. The highest BCUT2D eigenvalue weighted by molar-refractivity contribution is 7.93. The minimum Gasteiger partial charge on any atom is -0.278 e. The van der Waals surface area contributed by atoms with Gasteiger partial charge in [-0.25, -0.2) is 21.6 Å². The highest BCUT2D eigenvalue weighted by atomic mass is 35.5. The van der Waals surface area contributed by atoms with E-state index in [2.05, 4.69) is 9.44 Å². The maximum Gasteiger partial charge on any atom is 0.261 e. The monoisotopic (exact) mass is 360 g/mol. The van der Waals surface area contributed by atoms with Crippen molar-refractivity contribution in [3.8, 4) is 0 Å². The van der Waals surface area contributed by atoms with Crippen molar-refractivity contribution < 1.29 is 16.8 Å². The lowest BCUT2D eigenvalue weighted by Crippen LogP contribution is -2.19. The molecule has 0 heterocycles. The van der Waals surface area contributed by atoms with E-state index in [0.29, 0.717) is 0 Å². The Labute approximate surface area is 134 Å². The Morgan fingerprint density at radius 3 is 2.05 bits per heavy atom. The molecule has 2 aromatic carbocycles. The average molecular weight is 361 g/mol. The van der Waals surface area contributed by atoms with Gasteiger partial charge in [-0.05, 0) is 37.4 Å². The van der Waals surface area contributed by atoms with Crippen LogP contribution in [0.5, 0.6) is 0 Å². The summed E-state index contributed by atoms with van der Waals surface area (Å²) in [7, 11) is -6.44. The van der Waals surface area contributed by atoms with Crippen molar-refractivity contribution in [2.75, 3.05) is 11.8 Å². The molecule has 2 N–H and O–H groups in total. The van der Waals surface area contributed by atoms with Crippen LogP contribution in [0, 0.1) is 0 Å². The van der Waals surface area contributed by atoms with Gasteiger partial charge in [0.25, 0.3) is 10.0 Å². The van der Waals surface area contributed by atoms with Gasteiger partial charge in [-0.2, -0.15) is 0 Å². The van der Waals surface area contributed by atoms with Crippen molar-refractivity contribution in [1.82, 2.24) is 4.72 Å². The summed E-state index contributed by atoms with van der Waals surface area (Å²) in [5.74, 6) is 0. The fourth-order valence-corrected chi connectivity index (χ4v) is 3.89. The third kappa shape index (κ3) is 3.58. The molecule has 0 amide bonds. The number of halogens is 1. The van der Waals surface area contributed by atoms with Crippen LogP contribution < -0.4 is 9.44 Å². The molecule has 0 atom stereocenters. The molecule has 0 fully saturated rings. The van der Waals surface area contributed by atoms with Crippen LogP contribution in [0.15, 0.2) is 58.3 Å². The maximum atomic E-state index is 12.3. The summed E-state index contributed by atoms with van der Waals surface area (Å²) in [5.41, 5.74) is 0.214. The number of nitrogens with one attached hydrogen (secondary N) is 2. The van der Waals surface area contributed by atoms with Crippen molar-refractivity contribution in [2.24, 2.45) is 0 Å². The summed E-state index contributed by atoms with van der Waals surface area (Å²) in [6.07, 6.45) is 0. The van der Waals surface area contributed by atoms with Gasteiger partial charge in [0.05, 0.1) is 20.5 Å². The maximum absolute atomic E-state index is 12.3. The van der Waals surface area contributed by atoms with Crippen LogP contribution in [0.3, 0.4) is 0 Å². The fourth-order valence-electron chi connectivity index (χ4n) is 1.67. The molecule has 118 valence electrons. The molecule has 2 rings (SSSR count). The summed E-state index contributed by atoms with van der Waals surface area (Å²) in [4.78, 5) is -0.319. The number of anilines is 1. The molecular formula is C13H13ClN2O4S2. The smallest absolute Gasteiger partial charge is 0.261 e. The lowest BCUT2D eigenvalue weighted by molar-refractivity contribution is 0.588. The molecule has 0 aromatic heterocycles. The Bertz CT molecular complexity index is 896. The highest BCUT2D eigenvalue weighted by Crippen LogP contribution is 2.24. The fraction of sp³-hybridized carbons (Fsp3) is 0.0769. The van der Waals surface area contributed by atoms with Crippen LogP contribution in [0.1, 0.15) is 0 Å². The lowest BCUT2D eigenvalue weighted by atomic mass is 10.3. The topological polar surface area (TPSA) is 92.3 Å². The molecule has 0 saturated heterocycles. The van der Waals surface area contributed by atoms with E-state index in [0.717, 1.165) is 6.07 Å². The van der Waals surface area contributed by atoms with Gasteiger partial charge in [0.1, 0.15) is 0 Å². The van der Waals surface area contributed by atoms with Crippen LogP contribution in [-0.2, 0) is 20.0 Å². The van der Waals surface area contributed by atoms with Gasteiger partial charge in [0.15, 0.2) is 0 Å². The van der Waals surface area contributed by atoms with Gasteiger partial charge < -0.3 is 0 Å². The van der Waals surface area contributed by atoms with Gasteiger partial charge in [0.2, 0.25) is 10.0 Å². The summed E-state index contributed by atoms with van der Waals surface area (Å²) >= 11 is 5.91. The largest absolute Gasteiger partial charge is 0.278 e. The molecule has 0 spiro atoms. The summed E-state index contributed by atoms with van der Waals surface area (Å²) in [6.45, 7) is 0. The van der Waals surface area contributed by atoms with Crippen LogP contribution in [0.2, 0.25) is 5.02 Å². The molecule has 9 heteroatoms. The van der Waals surface area contributed by atoms with E-state index >= 15 is 0 Å². The zero-order valence-corrected chi connectivity index (χ0v) is 13.8. The van der Waals surface area contributed by atoms with Crippen molar-refractivity contribution >= 4 is 37.3 Å². The predicted molar refractivity (Wildman–Crippen MR) is 84.9 cm³/mol. The number of hydrogen-bond donors (Lipinski definition) is 2. The number of para-hydroxylation sites is 1. The van der Waals surface area contributed by atoms with E-state index in [1.165, 1.54) is 31.3 Å². The minimum absolute atomic E-state index is 0.142. The Hall–Kier alpha value is -1.61. The van der Waals surface area contributed by atoms with E-state index < -0.39 is 20.0 Å². The number of hydrogen-bond acceptors (Lipinski definition) is 4. The Morgan fingerprint density at radius 2 is 1.45 bits per heavy atom. The highest BCUT2D eigenvalue weighted by Gasteiger charge is 2.19. The van der Waals surface area contributed by atoms with Gasteiger partial charge in [-0.3, -0.25) is 4.72 Å². The van der Waals surface area contributed by atoms with Crippen LogP contribution in [0.25, 0.3) is 0 Å². The van der Waals surface area contributed by atoms with E-state index in [9.17, 15) is 16.8 Å². The minimum atomic E-state index is -3.95. The zero-order valence-electron chi connectivity index (χ0n) is 11.4. The Morgan fingerprint density at radius 1 is 0.864 bits per heavy atom. The first-order valence-corrected chi connectivity index (χ1v) is 9.42. The van der Waals surface area contributed by atoms with E-state index in [1.807, 2.05) is 0 Å². The molecule has 22 heavy (non-hydrogen) atoms. The van der Waals surface area contributed by atoms with Crippen molar-refractivity contribution in [2.45, 2.75) is 9.79 Å². The average Bonchev–Trinajstić information content (AvgIpc) is 2.49. The van der Waals surface area contributed by atoms with Crippen molar-refractivity contribution in [3.63, 3.8) is 0 Å². The first-order chi connectivity index (χ1) is 10.3.